The molecule has 0 radical (unpaired) electrons. The number of nitrogens with one attached hydrogen (secondary N) is 2. The zero-order valence-corrected chi connectivity index (χ0v) is 10.7. The highest BCUT2D eigenvalue weighted by Crippen LogP contribution is 2.15. The molecule has 0 unspecified atom stereocenters. The van der Waals surface area contributed by atoms with Crippen molar-refractivity contribution in [2.24, 2.45) is 0 Å². The molecule has 2 amide bonds. The van der Waals surface area contributed by atoms with Crippen molar-refractivity contribution in [1.82, 2.24) is 5.32 Å². The summed E-state index contributed by atoms with van der Waals surface area (Å²) in [7, 11) is 0. The van der Waals surface area contributed by atoms with E-state index in [1.54, 1.807) is 30.7 Å². The van der Waals surface area contributed by atoms with Crippen LogP contribution in [0.25, 0.3) is 0 Å². The van der Waals surface area contributed by atoms with Crippen LogP contribution in [0.3, 0.4) is 0 Å². The quantitative estimate of drug-likeness (QED) is 0.868. The number of ether oxygens (including phenoxy) is 1. The third-order valence-corrected chi connectivity index (χ3v) is 2.46. The first-order chi connectivity index (χ1) is 9.28. The molecule has 0 aliphatic rings. The Hall–Kier alpha value is -2.43. The maximum Gasteiger partial charge on any atom is 0.319 e. The van der Waals surface area contributed by atoms with Gasteiger partial charge in [0.15, 0.2) is 0 Å². The summed E-state index contributed by atoms with van der Waals surface area (Å²) < 4.78 is 10.2. The Morgan fingerprint density at radius 1 is 1.26 bits per heavy atom. The molecule has 5 heteroatoms. The van der Waals surface area contributed by atoms with E-state index in [2.05, 4.69) is 10.6 Å². The summed E-state index contributed by atoms with van der Waals surface area (Å²) in [5, 5.41) is 5.47. The van der Waals surface area contributed by atoms with Crippen LogP contribution in [0.4, 0.5) is 10.5 Å². The Bertz CT molecular complexity index is 506. The van der Waals surface area contributed by atoms with E-state index in [1.807, 2.05) is 19.1 Å². The van der Waals surface area contributed by atoms with E-state index in [0.717, 1.165) is 11.3 Å². The fourth-order valence-corrected chi connectivity index (χ4v) is 1.55. The van der Waals surface area contributed by atoms with E-state index in [1.165, 1.54) is 0 Å². The molecule has 2 rings (SSSR count). The summed E-state index contributed by atoms with van der Waals surface area (Å²) in [5.74, 6) is 0.784. The maximum atomic E-state index is 11.6. The minimum absolute atomic E-state index is 0.259. The Balaban J connectivity index is 1.81. The van der Waals surface area contributed by atoms with Crippen LogP contribution >= 0.6 is 0 Å². The zero-order chi connectivity index (χ0) is 13.5. The Morgan fingerprint density at radius 2 is 2.05 bits per heavy atom. The molecule has 0 spiro atoms. The van der Waals surface area contributed by atoms with Gasteiger partial charge in [-0.2, -0.15) is 0 Å². The average Bonchev–Trinajstić information content (AvgIpc) is 2.92. The van der Waals surface area contributed by atoms with E-state index in [9.17, 15) is 4.79 Å². The SMILES string of the molecule is CCOc1ccc(NC(=O)NCc2ccoc2)cc1. The molecule has 0 atom stereocenters. The molecule has 1 aromatic carbocycles. The number of hydrogen-bond acceptors (Lipinski definition) is 3. The lowest BCUT2D eigenvalue weighted by Gasteiger charge is -2.08. The molecule has 5 nitrogen and oxygen atoms in total. The molecule has 0 saturated carbocycles. The summed E-state index contributed by atoms with van der Waals surface area (Å²) >= 11 is 0. The summed E-state index contributed by atoms with van der Waals surface area (Å²) in [4.78, 5) is 11.6. The molecule has 1 aromatic heterocycles. The number of anilines is 1. The lowest BCUT2D eigenvalue weighted by atomic mass is 10.3. The fourth-order valence-electron chi connectivity index (χ4n) is 1.55. The highest BCUT2D eigenvalue weighted by Gasteiger charge is 2.02. The normalized spacial score (nSPS) is 9.95. The van der Waals surface area contributed by atoms with Crippen LogP contribution in [0.2, 0.25) is 0 Å². The summed E-state index contributed by atoms with van der Waals surface area (Å²) in [6, 6.07) is 8.76. The molecule has 1 heterocycles. The third kappa shape index (κ3) is 4.06. The van der Waals surface area contributed by atoms with Gasteiger partial charge >= 0.3 is 6.03 Å². The van der Waals surface area contributed by atoms with Crippen LogP contribution in [0, 0.1) is 0 Å². The Labute approximate surface area is 111 Å². The molecule has 0 aliphatic carbocycles. The average molecular weight is 260 g/mol. The van der Waals surface area contributed by atoms with Crippen molar-refractivity contribution in [3.8, 4) is 5.75 Å². The predicted octanol–water partition coefficient (Wildman–Crippen LogP) is 3.00. The molecule has 0 fully saturated rings. The number of urea groups is 1. The zero-order valence-electron chi connectivity index (χ0n) is 10.7. The van der Waals surface area contributed by atoms with Crippen LogP contribution in [0.1, 0.15) is 12.5 Å². The van der Waals surface area contributed by atoms with Gasteiger partial charge in [0.05, 0.1) is 19.1 Å². The molecule has 100 valence electrons. The summed E-state index contributed by atoms with van der Waals surface area (Å²) in [5.41, 5.74) is 1.63. The number of furan rings is 1. The molecule has 0 saturated heterocycles. The van der Waals surface area contributed by atoms with Gasteiger partial charge in [-0.25, -0.2) is 4.79 Å². The highest BCUT2D eigenvalue weighted by atomic mass is 16.5. The summed E-state index contributed by atoms with van der Waals surface area (Å²) in [6.45, 7) is 2.98. The topological polar surface area (TPSA) is 63.5 Å². The first kappa shape index (κ1) is 13.0. The molecule has 2 aromatic rings. The van der Waals surface area contributed by atoms with Crippen molar-refractivity contribution in [2.45, 2.75) is 13.5 Å². The van der Waals surface area contributed by atoms with Crippen molar-refractivity contribution in [3.63, 3.8) is 0 Å². The number of carbonyl (C=O) groups is 1. The largest absolute Gasteiger partial charge is 0.494 e. The second kappa shape index (κ2) is 6.49. The van der Waals surface area contributed by atoms with E-state index in [0.29, 0.717) is 18.8 Å². The number of hydrogen-bond donors (Lipinski definition) is 2. The van der Waals surface area contributed by atoms with Crippen LogP contribution in [0.15, 0.2) is 47.3 Å². The molecule has 0 aliphatic heterocycles. The minimum atomic E-state index is -0.259. The van der Waals surface area contributed by atoms with Gasteiger partial charge < -0.3 is 19.8 Å². The van der Waals surface area contributed by atoms with Gasteiger partial charge in [0.2, 0.25) is 0 Å². The molecular weight excluding hydrogens is 244 g/mol. The van der Waals surface area contributed by atoms with Crippen LogP contribution in [-0.4, -0.2) is 12.6 Å². The Morgan fingerprint density at radius 3 is 2.68 bits per heavy atom. The van der Waals surface area contributed by atoms with E-state index >= 15 is 0 Å². The van der Waals surface area contributed by atoms with Gasteiger partial charge in [-0.1, -0.05) is 0 Å². The van der Waals surface area contributed by atoms with Gasteiger partial charge in [-0.05, 0) is 37.3 Å². The monoisotopic (exact) mass is 260 g/mol. The number of amides is 2. The van der Waals surface area contributed by atoms with Crippen molar-refractivity contribution in [1.29, 1.82) is 0 Å². The first-order valence-electron chi connectivity index (χ1n) is 6.06. The van der Waals surface area contributed by atoms with Crippen LogP contribution < -0.4 is 15.4 Å². The number of carbonyl (C=O) groups excluding carboxylic acids is 1. The van der Waals surface area contributed by atoms with Crippen molar-refractivity contribution in [3.05, 3.63) is 48.4 Å². The highest BCUT2D eigenvalue weighted by molar-refractivity contribution is 5.89. The first-order valence-corrected chi connectivity index (χ1v) is 6.06. The van der Waals surface area contributed by atoms with Crippen molar-refractivity contribution in [2.75, 3.05) is 11.9 Å². The maximum absolute atomic E-state index is 11.6. The number of benzene rings is 1. The lowest BCUT2D eigenvalue weighted by Crippen LogP contribution is -2.27. The van der Waals surface area contributed by atoms with Gasteiger partial charge in [0.25, 0.3) is 0 Å². The smallest absolute Gasteiger partial charge is 0.319 e. The van der Waals surface area contributed by atoms with Crippen LogP contribution in [-0.2, 0) is 6.54 Å². The van der Waals surface area contributed by atoms with E-state index in [4.69, 9.17) is 9.15 Å². The minimum Gasteiger partial charge on any atom is -0.494 e. The van der Waals surface area contributed by atoms with Gasteiger partial charge in [-0.3, -0.25) is 0 Å². The van der Waals surface area contributed by atoms with Crippen LogP contribution in [0.5, 0.6) is 5.75 Å². The van der Waals surface area contributed by atoms with Crippen molar-refractivity contribution >= 4 is 11.7 Å². The lowest BCUT2D eigenvalue weighted by molar-refractivity contribution is 0.251. The number of rotatable bonds is 5. The molecular formula is C14H16N2O3. The summed E-state index contributed by atoms with van der Waals surface area (Å²) in [6.07, 6.45) is 3.17. The standard InChI is InChI=1S/C14H16N2O3/c1-2-19-13-5-3-12(4-6-13)16-14(17)15-9-11-7-8-18-10-11/h3-8,10H,2,9H2,1H3,(H2,15,16,17). The fraction of sp³-hybridized carbons (Fsp3) is 0.214. The third-order valence-electron chi connectivity index (χ3n) is 2.46. The van der Waals surface area contributed by atoms with Crippen molar-refractivity contribution < 1.29 is 13.9 Å². The Kier molecular flexibility index (Phi) is 4.44. The predicted molar refractivity (Wildman–Crippen MR) is 72.2 cm³/mol. The second-order valence-corrected chi connectivity index (χ2v) is 3.90. The van der Waals surface area contributed by atoms with Gasteiger partial charge in [-0.15, -0.1) is 0 Å². The molecule has 0 bridgehead atoms. The van der Waals surface area contributed by atoms with E-state index in [-0.39, 0.29) is 6.03 Å². The van der Waals surface area contributed by atoms with Gasteiger partial charge in [0, 0.05) is 17.8 Å². The molecule has 2 N–H and O–H groups in total. The molecule has 19 heavy (non-hydrogen) atoms. The van der Waals surface area contributed by atoms with E-state index < -0.39 is 0 Å². The van der Waals surface area contributed by atoms with Gasteiger partial charge in [0.1, 0.15) is 5.75 Å². The second-order valence-electron chi connectivity index (χ2n) is 3.90.